The first kappa shape index (κ1) is 11.9. The van der Waals surface area contributed by atoms with Crippen LogP contribution in [0.1, 0.15) is 18.1 Å². The summed E-state index contributed by atoms with van der Waals surface area (Å²) >= 11 is 5.90. The number of hydrogen-bond donors (Lipinski definition) is 1. The second-order valence-corrected chi connectivity index (χ2v) is 3.80. The first-order valence-corrected chi connectivity index (χ1v) is 4.89. The highest BCUT2D eigenvalue weighted by Crippen LogP contribution is 2.37. The van der Waals surface area contributed by atoms with Gasteiger partial charge in [0, 0.05) is 23.1 Å². The van der Waals surface area contributed by atoms with E-state index in [1.54, 1.807) is 6.92 Å². The fourth-order valence-electron chi connectivity index (χ4n) is 1.45. The van der Waals surface area contributed by atoms with E-state index in [2.05, 4.69) is 0 Å². The number of halogens is 1. The van der Waals surface area contributed by atoms with Crippen molar-refractivity contribution >= 4 is 17.4 Å². The van der Waals surface area contributed by atoms with E-state index < -0.39 is 0 Å². The molecule has 0 aliphatic heterocycles. The minimum Gasteiger partial charge on any atom is -0.504 e. The van der Waals surface area contributed by atoms with Crippen LogP contribution in [0.4, 0.5) is 0 Å². The predicted molar refractivity (Wildman–Crippen MR) is 58.8 cm³/mol. The summed E-state index contributed by atoms with van der Waals surface area (Å²) < 4.78 is 5.05. The van der Waals surface area contributed by atoms with Crippen molar-refractivity contribution in [2.45, 2.75) is 20.3 Å². The number of benzene rings is 1. The molecule has 0 unspecified atom stereocenters. The van der Waals surface area contributed by atoms with Crippen LogP contribution in [-0.2, 0) is 11.2 Å². The van der Waals surface area contributed by atoms with E-state index in [1.165, 1.54) is 20.1 Å². The molecule has 3 nitrogen and oxygen atoms in total. The number of aromatic hydroxyl groups is 1. The number of ether oxygens (including phenoxy) is 1. The van der Waals surface area contributed by atoms with E-state index in [9.17, 15) is 9.90 Å². The fraction of sp³-hybridized carbons (Fsp3) is 0.364. The Bertz CT molecular complexity index is 399. The number of phenolic OH excluding ortho intramolecular Hbond substituents is 1. The first-order chi connectivity index (χ1) is 6.97. The molecule has 82 valence electrons. The van der Waals surface area contributed by atoms with E-state index in [4.69, 9.17) is 16.3 Å². The molecule has 15 heavy (non-hydrogen) atoms. The summed E-state index contributed by atoms with van der Waals surface area (Å²) in [6.07, 6.45) is 0.211. The van der Waals surface area contributed by atoms with Gasteiger partial charge < -0.3 is 9.84 Å². The molecule has 1 aromatic rings. The topological polar surface area (TPSA) is 46.5 Å². The zero-order chi connectivity index (χ0) is 11.6. The molecule has 0 fully saturated rings. The van der Waals surface area contributed by atoms with Gasteiger partial charge >= 0.3 is 0 Å². The SMILES string of the molecule is COc1c(O)cc(Cl)c(C)c1CC(C)=O. The Hall–Kier alpha value is -1.22. The normalized spacial score (nSPS) is 10.1. The fourth-order valence-corrected chi connectivity index (χ4v) is 1.67. The molecular formula is C11H13ClO3. The molecule has 0 saturated heterocycles. The quantitative estimate of drug-likeness (QED) is 0.865. The summed E-state index contributed by atoms with van der Waals surface area (Å²) in [7, 11) is 1.45. The highest BCUT2D eigenvalue weighted by molar-refractivity contribution is 6.31. The van der Waals surface area contributed by atoms with E-state index >= 15 is 0 Å². The molecule has 0 atom stereocenters. The monoisotopic (exact) mass is 228 g/mol. The standard InChI is InChI=1S/C11H13ClO3/c1-6(13)4-8-7(2)9(12)5-10(14)11(8)15-3/h5,14H,4H2,1-3H3. The van der Waals surface area contributed by atoms with E-state index in [-0.39, 0.29) is 18.0 Å². The molecule has 0 amide bonds. The number of methoxy groups -OCH3 is 1. The van der Waals surface area contributed by atoms with Gasteiger partial charge in [-0.2, -0.15) is 0 Å². The molecule has 1 aromatic carbocycles. The van der Waals surface area contributed by atoms with Gasteiger partial charge in [-0.05, 0) is 19.4 Å². The van der Waals surface area contributed by atoms with Crippen molar-refractivity contribution in [3.63, 3.8) is 0 Å². The zero-order valence-corrected chi connectivity index (χ0v) is 9.68. The second kappa shape index (κ2) is 4.53. The molecule has 1 rings (SSSR count). The van der Waals surface area contributed by atoms with Crippen LogP contribution in [0, 0.1) is 6.92 Å². The highest BCUT2D eigenvalue weighted by Gasteiger charge is 2.16. The lowest BCUT2D eigenvalue weighted by molar-refractivity contribution is -0.116. The van der Waals surface area contributed by atoms with Gasteiger partial charge in [0.05, 0.1) is 7.11 Å². The highest BCUT2D eigenvalue weighted by atomic mass is 35.5. The van der Waals surface area contributed by atoms with Gasteiger partial charge in [0.1, 0.15) is 5.78 Å². The lowest BCUT2D eigenvalue weighted by Gasteiger charge is -2.13. The molecule has 4 heteroatoms. The van der Waals surface area contributed by atoms with Gasteiger partial charge in [0.25, 0.3) is 0 Å². The number of Topliss-reactive ketones (excluding diaryl/α,β-unsaturated/α-hetero) is 1. The lowest BCUT2D eigenvalue weighted by Crippen LogP contribution is -2.02. The number of carbonyl (C=O) groups excluding carboxylic acids is 1. The van der Waals surface area contributed by atoms with Crippen molar-refractivity contribution in [3.8, 4) is 11.5 Å². The molecule has 0 radical (unpaired) electrons. The van der Waals surface area contributed by atoms with Crippen molar-refractivity contribution in [3.05, 3.63) is 22.2 Å². The summed E-state index contributed by atoms with van der Waals surface area (Å²) in [6, 6.07) is 1.42. The Kier molecular flexibility index (Phi) is 3.58. The average Bonchev–Trinajstić information content (AvgIpc) is 2.13. The Morgan fingerprint density at radius 2 is 2.20 bits per heavy atom. The third-order valence-electron chi connectivity index (χ3n) is 2.21. The predicted octanol–water partition coefficient (Wildman–Crippen LogP) is 2.49. The average molecular weight is 229 g/mol. The Morgan fingerprint density at radius 3 is 2.67 bits per heavy atom. The molecular weight excluding hydrogens is 216 g/mol. The maximum Gasteiger partial charge on any atom is 0.164 e. The Balaban J connectivity index is 3.36. The molecule has 0 heterocycles. The Labute approximate surface area is 93.6 Å². The summed E-state index contributed by atoms with van der Waals surface area (Å²) in [5.74, 6) is 0.287. The van der Waals surface area contributed by atoms with Crippen molar-refractivity contribution in [2.24, 2.45) is 0 Å². The van der Waals surface area contributed by atoms with Crippen LogP contribution in [-0.4, -0.2) is 18.0 Å². The molecule has 1 N–H and O–H groups in total. The van der Waals surface area contributed by atoms with Gasteiger partial charge in [0.2, 0.25) is 0 Å². The summed E-state index contributed by atoms with van der Waals surface area (Å²) in [5, 5.41) is 10.0. The van der Waals surface area contributed by atoms with Gasteiger partial charge in [-0.3, -0.25) is 4.79 Å². The van der Waals surface area contributed by atoms with Crippen LogP contribution in [0.5, 0.6) is 11.5 Å². The Morgan fingerprint density at radius 1 is 1.60 bits per heavy atom. The number of phenols is 1. The van der Waals surface area contributed by atoms with Gasteiger partial charge in [0.15, 0.2) is 11.5 Å². The zero-order valence-electron chi connectivity index (χ0n) is 8.93. The summed E-state index contributed by atoms with van der Waals surface area (Å²) in [6.45, 7) is 3.28. The maximum absolute atomic E-state index is 11.1. The lowest BCUT2D eigenvalue weighted by atomic mass is 10.0. The second-order valence-electron chi connectivity index (χ2n) is 3.39. The van der Waals surface area contributed by atoms with Crippen molar-refractivity contribution in [1.29, 1.82) is 0 Å². The molecule has 0 spiro atoms. The number of carbonyl (C=O) groups is 1. The van der Waals surface area contributed by atoms with Crippen LogP contribution in [0.15, 0.2) is 6.07 Å². The van der Waals surface area contributed by atoms with Gasteiger partial charge in [-0.1, -0.05) is 11.6 Å². The van der Waals surface area contributed by atoms with Crippen LogP contribution in [0.3, 0.4) is 0 Å². The van der Waals surface area contributed by atoms with E-state index in [1.807, 2.05) is 0 Å². The minimum absolute atomic E-state index is 0.00179. The molecule has 0 aromatic heterocycles. The van der Waals surface area contributed by atoms with Gasteiger partial charge in [-0.25, -0.2) is 0 Å². The van der Waals surface area contributed by atoms with Crippen molar-refractivity contribution < 1.29 is 14.6 Å². The largest absolute Gasteiger partial charge is 0.504 e. The number of ketones is 1. The summed E-state index contributed by atoms with van der Waals surface area (Å²) in [5.41, 5.74) is 1.41. The number of hydrogen-bond acceptors (Lipinski definition) is 3. The van der Waals surface area contributed by atoms with Crippen molar-refractivity contribution in [2.75, 3.05) is 7.11 Å². The van der Waals surface area contributed by atoms with Crippen LogP contribution in [0.2, 0.25) is 5.02 Å². The molecule has 0 aliphatic rings. The van der Waals surface area contributed by atoms with Crippen molar-refractivity contribution in [1.82, 2.24) is 0 Å². The third kappa shape index (κ3) is 2.42. The maximum atomic E-state index is 11.1. The van der Waals surface area contributed by atoms with Crippen LogP contribution >= 0.6 is 11.6 Å². The van der Waals surface area contributed by atoms with E-state index in [0.29, 0.717) is 16.3 Å². The molecule has 0 bridgehead atoms. The third-order valence-corrected chi connectivity index (χ3v) is 2.60. The van der Waals surface area contributed by atoms with E-state index in [0.717, 1.165) is 5.56 Å². The van der Waals surface area contributed by atoms with Crippen LogP contribution in [0.25, 0.3) is 0 Å². The van der Waals surface area contributed by atoms with Gasteiger partial charge in [-0.15, -0.1) is 0 Å². The first-order valence-electron chi connectivity index (χ1n) is 4.51. The molecule has 0 aliphatic carbocycles. The number of rotatable bonds is 3. The smallest absolute Gasteiger partial charge is 0.164 e. The van der Waals surface area contributed by atoms with Crippen LogP contribution < -0.4 is 4.74 Å². The molecule has 0 saturated carbocycles. The summed E-state index contributed by atoms with van der Waals surface area (Å²) in [4.78, 5) is 11.1. The minimum atomic E-state index is -0.0376.